The van der Waals surface area contributed by atoms with Gasteiger partial charge in [-0.3, -0.25) is 20.2 Å². The average molecular weight is 401 g/mol. The number of nitro groups is 2. The van der Waals surface area contributed by atoms with Crippen molar-refractivity contribution in [2.45, 2.75) is 6.18 Å². The van der Waals surface area contributed by atoms with Gasteiger partial charge >= 0.3 is 6.18 Å². The van der Waals surface area contributed by atoms with E-state index >= 15 is 0 Å². The van der Waals surface area contributed by atoms with Gasteiger partial charge in [0.25, 0.3) is 11.4 Å². The number of halogens is 3. The Bertz CT molecular complexity index is 836. The molecule has 0 bridgehead atoms. The fourth-order valence-corrected chi connectivity index (χ4v) is 2.26. The molecule has 0 radical (unpaired) electrons. The molecule has 2 aromatic rings. The van der Waals surface area contributed by atoms with Crippen molar-refractivity contribution in [1.29, 1.82) is 0 Å². The van der Waals surface area contributed by atoms with E-state index in [0.29, 0.717) is 11.5 Å². The molecule has 0 spiro atoms. The van der Waals surface area contributed by atoms with Crippen LogP contribution in [0.1, 0.15) is 5.56 Å². The molecule has 2 aromatic carbocycles. The van der Waals surface area contributed by atoms with E-state index in [0.717, 1.165) is 0 Å². The molecule has 0 aromatic heterocycles. The lowest BCUT2D eigenvalue weighted by atomic mass is 10.1. The third-order valence-electron chi connectivity index (χ3n) is 3.55. The van der Waals surface area contributed by atoms with Crippen LogP contribution in [0, 0.1) is 20.2 Å². The number of ether oxygens (including phenoxy) is 2. The van der Waals surface area contributed by atoms with Crippen LogP contribution in [-0.4, -0.2) is 30.1 Å². The highest BCUT2D eigenvalue weighted by Crippen LogP contribution is 2.41. The van der Waals surface area contributed by atoms with Crippen LogP contribution < -0.4 is 14.8 Å². The number of rotatable bonds is 8. The van der Waals surface area contributed by atoms with Gasteiger partial charge in [0.05, 0.1) is 22.5 Å². The maximum atomic E-state index is 12.9. The summed E-state index contributed by atoms with van der Waals surface area (Å²) >= 11 is 0. The maximum Gasteiger partial charge on any atom is 0.416 e. The highest BCUT2D eigenvalue weighted by Gasteiger charge is 2.37. The molecule has 28 heavy (non-hydrogen) atoms. The highest BCUT2D eigenvalue weighted by atomic mass is 19.4. The second kappa shape index (κ2) is 8.41. The summed E-state index contributed by atoms with van der Waals surface area (Å²) in [6.45, 7) is -0.180. The van der Waals surface area contributed by atoms with Crippen LogP contribution in [0.25, 0.3) is 0 Å². The molecule has 0 saturated carbocycles. The Hall–Kier alpha value is -3.57. The molecule has 0 fully saturated rings. The van der Waals surface area contributed by atoms with E-state index in [-0.39, 0.29) is 25.3 Å². The molecule has 0 aliphatic carbocycles. The third kappa shape index (κ3) is 4.99. The predicted octanol–water partition coefficient (Wildman–Crippen LogP) is 4.02. The first-order valence-corrected chi connectivity index (χ1v) is 7.68. The van der Waals surface area contributed by atoms with Crippen LogP contribution in [0.3, 0.4) is 0 Å². The Morgan fingerprint density at radius 3 is 1.93 bits per heavy atom. The van der Waals surface area contributed by atoms with E-state index in [1.165, 1.54) is 7.11 Å². The van der Waals surface area contributed by atoms with Crippen molar-refractivity contribution in [3.05, 3.63) is 62.2 Å². The molecule has 0 aliphatic rings. The normalized spacial score (nSPS) is 11.0. The summed E-state index contributed by atoms with van der Waals surface area (Å²) in [6, 6.07) is 6.96. The lowest BCUT2D eigenvalue weighted by molar-refractivity contribution is -0.392. The van der Waals surface area contributed by atoms with Crippen molar-refractivity contribution >= 4 is 17.1 Å². The Balaban J connectivity index is 2.18. The van der Waals surface area contributed by atoms with E-state index in [9.17, 15) is 33.4 Å². The molecule has 9 nitrogen and oxygen atoms in total. The molecule has 0 amide bonds. The van der Waals surface area contributed by atoms with Gasteiger partial charge in [-0.1, -0.05) is 0 Å². The smallest absolute Gasteiger partial charge is 0.416 e. The molecule has 0 atom stereocenters. The Labute approximate surface area is 156 Å². The minimum Gasteiger partial charge on any atom is -0.497 e. The highest BCUT2D eigenvalue weighted by molar-refractivity contribution is 5.75. The largest absolute Gasteiger partial charge is 0.497 e. The van der Waals surface area contributed by atoms with Crippen LogP contribution in [0.15, 0.2) is 36.4 Å². The van der Waals surface area contributed by atoms with E-state index in [1.54, 1.807) is 24.3 Å². The van der Waals surface area contributed by atoms with E-state index in [4.69, 9.17) is 9.47 Å². The summed E-state index contributed by atoms with van der Waals surface area (Å²) in [5.74, 6) is 1.04. The molecular formula is C16H14F3N3O6. The number of anilines is 1. The number of nitro benzene ring substituents is 2. The van der Waals surface area contributed by atoms with Crippen LogP contribution in [0.2, 0.25) is 0 Å². The third-order valence-corrected chi connectivity index (χ3v) is 3.55. The first-order valence-electron chi connectivity index (χ1n) is 7.68. The van der Waals surface area contributed by atoms with Crippen LogP contribution in [0.5, 0.6) is 11.5 Å². The van der Waals surface area contributed by atoms with Crippen molar-refractivity contribution in [3.8, 4) is 11.5 Å². The molecule has 1 N–H and O–H groups in total. The van der Waals surface area contributed by atoms with E-state index < -0.39 is 38.6 Å². The lowest BCUT2D eigenvalue weighted by Gasteiger charge is -2.12. The number of methoxy groups -OCH3 is 1. The van der Waals surface area contributed by atoms with Crippen molar-refractivity contribution in [2.75, 3.05) is 25.6 Å². The first kappa shape index (κ1) is 20.7. The number of benzene rings is 2. The van der Waals surface area contributed by atoms with Gasteiger partial charge in [0, 0.05) is 18.7 Å². The van der Waals surface area contributed by atoms with Gasteiger partial charge in [-0.25, -0.2) is 0 Å². The number of nitrogens with zero attached hydrogens (tertiary/aromatic N) is 2. The van der Waals surface area contributed by atoms with Gasteiger partial charge in [-0.2, -0.15) is 13.2 Å². The molecule has 0 unspecified atom stereocenters. The standard InChI is InChI=1S/C16H14F3N3O6/c1-27-11-2-4-12(5-3-11)28-7-6-20-15-13(21(23)24)8-10(16(17,18)19)9-14(15)22(25)26/h2-5,8-9,20H,6-7H2,1H3. The SMILES string of the molecule is COc1ccc(OCCNc2c([N+](=O)[O-])cc(C(F)(F)F)cc2[N+](=O)[O-])cc1. The van der Waals surface area contributed by atoms with Crippen molar-refractivity contribution in [2.24, 2.45) is 0 Å². The Morgan fingerprint density at radius 1 is 1.00 bits per heavy atom. The zero-order chi connectivity index (χ0) is 20.9. The summed E-state index contributed by atoms with van der Waals surface area (Å²) in [7, 11) is 1.49. The van der Waals surface area contributed by atoms with Gasteiger partial charge in [0.1, 0.15) is 18.1 Å². The fourth-order valence-electron chi connectivity index (χ4n) is 2.26. The van der Waals surface area contributed by atoms with Gasteiger partial charge in [0.15, 0.2) is 5.69 Å². The molecule has 0 saturated heterocycles. The fraction of sp³-hybridized carbons (Fsp3) is 0.250. The van der Waals surface area contributed by atoms with E-state index in [2.05, 4.69) is 5.32 Å². The van der Waals surface area contributed by atoms with Gasteiger partial charge in [-0.15, -0.1) is 0 Å². The number of hydrogen-bond acceptors (Lipinski definition) is 7. The average Bonchev–Trinajstić information content (AvgIpc) is 2.64. The maximum absolute atomic E-state index is 12.9. The Kier molecular flexibility index (Phi) is 6.23. The van der Waals surface area contributed by atoms with E-state index in [1.807, 2.05) is 0 Å². The zero-order valence-electron chi connectivity index (χ0n) is 14.4. The quantitative estimate of drug-likeness (QED) is 0.403. The van der Waals surface area contributed by atoms with Crippen molar-refractivity contribution < 1.29 is 32.5 Å². The number of alkyl halides is 3. The lowest BCUT2D eigenvalue weighted by Crippen LogP contribution is -2.15. The second-order valence-electron chi connectivity index (χ2n) is 5.35. The minimum atomic E-state index is -4.97. The first-order chi connectivity index (χ1) is 13.1. The van der Waals surface area contributed by atoms with Crippen molar-refractivity contribution in [1.82, 2.24) is 0 Å². The minimum absolute atomic E-state index is 0.0539. The molecule has 0 aliphatic heterocycles. The summed E-state index contributed by atoms with van der Waals surface area (Å²) in [5.41, 5.74) is -4.20. The summed E-state index contributed by atoms with van der Waals surface area (Å²) < 4.78 is 48.9. The predicted molar refractivity (Wildman–Crippen MR) is 91.7 cm³/mol. The molecule has 0 heterocycles. The Morgan fingerprint density at radius 2 is 1.50 bits per heavy atom. The monoisotopic (exact) mass is 401 g/mol. The topological polar surface area (TPSA) is 117 Å². The van der Waals surface area contributed by atoms with Gasteiger partial charge in [-0.05, 0) is 24.3 Å². The summed E-state index contributed by atoms with van der Waals surface area (Å²) in [4.78, 5) is 20.0. The zero-order valence-corrected chi connectivity index (χ0v) is 14.4. The molecule has 12 heteroatoms. The van der Waals surface area contributed by atoms with Crippen LogP contribution in [-0.2, 0) is 6.18 Å². The van der Waals surface area contributed by atoms with Gasteiger partial charge < -0.3 is 14.8 Å². The second-order valence-corrected chi connectivity index (χ2v) is 5.35. The molecule has 2 rings (SSSR count). The summed E-state index contributed by atoms with van der Waals surface area (Å²) in [6.07, 6.45) is -4.97. The molecule has 150 valence electrons. The van der Waals surface area contributed by atoms with Crippen molar-refractivity contribution in [3.63, 3.8) is 0 Å². The number of nitrogens with one attached hydrogen (secondary N) is 1. The molecular weight excluding hydrogens is 387 g/mol. The number of hydrogen-bond donors (Lipinski definition) is 1. The van der Waals surface area contributed by atoms with Crippen LogP contribution in [0.4, 0.5) is 30.2 Å². The van der Waals surface area contributed by atoms with Crippen LogP contribution >= 0.6 is 0 Å². The van der Waals surface area contributed by atoms with Gasteiger partial charge in [0.2, 0.25) is 0 Å². The summed E-state index contributed by atoms with van der Waals surface area (Å²) in [5, 5.41) is 24.7.